The van der Waals surface area contributed by atoms with E-state index >= 15 is 0 Å². The summed E-state index contributed by atoms with van der Waals surface area (Å²) < 4.78 is 5.45. The Morgan fingerprint density at radius 1 is 1.19 bits per heavy atom. The van der Waals surface area contributed by atoms with Gasteiger partial charge in [0.05, 0.1) is 18.8 Å². The summed E-state index contributed by atoms with van der Waals surface area (Å²) >= 11 is 0. The van der Waals surface area contributed by atoms with Crippen LogP contribution in [0.15, 0.2) is 12.1 Å². The predicted octanol–water partition coefficient (Wildman–Crippen LogP) is 1.62. The summed E-state index contributed by atoms with van der Waals surface area (Å²) in [5.74, 6) is 0.148. The van der Waals surface area contributed by atoms with E-state index in [4.69, 9.17) is 4.74 Å². The maximum atomic E-state index is 9.60. The van der Waals surface area contributed by atoms with E-state index in [9.17, 15) is 15.3 Å². The topological polar surface area (TPSA) is 69.9 Å². The molecule has 1 aromatic rings. The van der Waals surface area contributed by atoms with Gasteiger partial charge in [-0.25, -0.2) is 0 Å². The van der Waals surface area contributed by atoms with Crippen molar-refractivity contribution in [3.63, 3.8) is 0 Å². The SMILES string of the molecule is Cc1c(O)cc(C2CCC(O)CO2)cc1O. The number of benzene rings is 1. The van der Waals surface area contributed by atoms with Gasteiger partial charge in [0.25, 0.3) is 0 Å². The maximum Gasteiger partial charge on any atom is 0.122 e. The summed E-state index contributed by atoms with van der Waals surface area (Å²) in [7, 11) is 0. The molecule has 0 aromatic heterocycles. The van der Waals surface area contributed by atoms with Crippen LogP contribution in [0.25, 0.3) is 0 Å². The number of phenolic OH excluding ortho intramolecular Hbond substituents is 2. The number of phenols is 2. The zero-order chi connectivity index (χ0) is 11.7. The van der Waals surface area contributed by atoms with Gasteiger partial charge in [-0.2, -0.15) is 0 Å². The van der Waals surface area contributed by atoms with Crippen LogP contribution in [0.3, 0.4) is 0 Å². The highest BCUT2D eigenvalue weighted by atomic mass is 16.5. The number of rotatable bonds is 1. The largest absolute Gasteiger partial charge is 0.508 e. The summed E-state index contributed by atoms with van der Waals surface area (Å²) in [4.78, 5) is 0. The number of aliphatic hydroxyl groups excluding tert-OH is 1. The van der Waals surface area contributed by atoms with E-state index in [1.807, 2.05) is 0 Å². The highest BCUT2D eigenvalue weighted by Gasteiger charge is 2.22. The molecule has 1 aliphatic rings. The zero-order valence-corrected chi connectivity index (χ0v) is 9.18. The van der Waals surface area contributed by atoms with Crippen molar-refractivity contribution >= 4 is 0 Å². The van der Waals surface area contributed by atoms with Crippen molar-refractivity contribution in [2.45, 2.75) is 32.0 Å². The molecule has 1 heterocycles. The average molecular weight is 224 g/mol. The highest BCUT2D eigenvalue weighted by molar-refractivity contribution is 5.46. The molecule has 2 unspecified atom stereocenters. The second-order valence-corrected chi connectivity index (χ2v) is 4.24. The fourth-order valence-corrected chi connectivity index (χ4v) is 1.89. The Balaban J connectivity index is 2.21. The van der Waals surface area contributed by atoms with Crippen LogP contribution in [-0.2, 0) is 4.74 Å². The number of ether oxygens (including phenoxy) is 1. The van der Waals surface area contributed by atoms with Crippen LogP contribution in [0.4, 0.5) is 0 Å². The lowest BCUT2D eigenvalue weighted by molar-refractivity contribution is -0.0569. The third-order valence-corrected chi connectivity index (χ3v) is 3.00. The lowest BCUT2D eigenvalue weighted by Gasteiger charge is -2.26. The smallest absolute Gasteiger partial charge is 0.122 e. The number of hydrogen-bond donors (Lipinski definition) is 3. The molecule has 0 aliphatic carbocycles. The van der Waals surface area contributed by atoms with Crippen molar-refractivity contribution in [2.75, 3.05) is 6.61 Å². The zero-order valence-electron chi connectivity index (χ0n) is 9.18. The van der Waals surface area contributed by atoms with Crippen LogP contribution in [-0.4, -0.2) is 28.0 Å². The second-order valence-electron chi connectivity index (χ2n) is 4.24. The summed E-state index contributed by atoms with van der Waals surface area (Å²) in [5.41, 5.74) is 1.23. The van der Waals surface area contributed by atoms with Gasteiger partial charge in [-0.05, 0) is 37.5 Å². The Morgan fingerprint density at radius 3 is 2.31 bits per heavy atom. The molecule has 16 heavy (non-hydrogen) atoms. The summed E-state index contributed by atoms with van der Waals surface area (Å²) in [6.45, 7) is 1.96. The molecule has 4 heteroatoms. The number of aromatic hydroxyl groups is 2. The normalized spacial score (nSPS) is 25.6. The first kappa shape index (κ1) is 11.2. The van der Waals surface area contributed by atoms with Gasteiger partial charge >= 0.3 is 0 Å². The van der Waals surface area contributed by atoms with Gasteiger partial charge in [0.1, 0.15) is 11.5 Å². The summed E-state index contributed by atoms with van der Waals surface area (Å²) in [6.07, 6.45) is 0.827. The van der Waals surface area contributed by atoms with Gasteiger partial charge in [0, 0.05) is 5.56 Å². The number of aliphatic hydroxyl groups is 1. The van der Waals surface area contributed by atoms with Crippen molar-refractivity contribution in [1.29, 1.82) is 0 Å². The third kappa shape index (κ3) is 2.13. The fourth-order valence-electron chi connectivity index (χ4n) is 1.89. The van der Waals surface area contributed by atoms with Crippen molar-refractivity contribution in [3.8, 4) is 11.5 Å². The van der Waals surface area contributed by atoms with Crippen LogP contribution in [0, 0.1) is 6.92 Å². The molecule has 1 fully saturated rings. The molecule has 0 saturated carbocycles. The standard InChI is InChI=1S/C12H16O4/c1-7-10(14)4-8(5-11(7)15)12-3-2-9(13)6-16-12/h4-5,9,12-15H,2-3,6H2,1H3. The molecule has 0 radical (unpaired) electrons. The van der Waals surface area contributed by atoms with E-state index in [2.05, 4.69) is 0 Å². The monoisotopic (exact) mass is 224 g/mol. The molecular formula is C12H16O4. The third-order valence-electron chi connectivity index (χ3n) is 3.00. The van der Waals surface area contributed by atoms with Gasteiger partial charge in [-0.3, -0.25) is 0 Å². The van der Waals surface area contributed by atoms with E-state index in [0.717, 1.165) is 5.56 Å². The molecule has 2 atom stereocenters. The van der Waals surface area contributed by atoms with Gasteiger partial charge < -0.3 is 20.1 Å². The molecule has 1 saturated heterocycles. The molecule has 1 aliphatic heterocycles. The molecule has 2 rings (SSSR count). The van der Waals surface area contributed by atoms with Gasteiger partial charge in [0.2, 0.25) is 0 Å². The Hall–Kier alpha value is -1.26. The van der Waals surface area contributed by atoms with E-state index < -0.39 is 6.10 Å². The minimum atomic E-state index is -0.399. The van der Waals surface area contributed by atoms with Gasteiger partial charge in [-0.1, -0.05) is 0 Å². The van der Waals surface area contributed by atoms with E-state index in [0.29, 0.717) is 25.0 Å². The second kappa shape index (κ2) is 4.31. The summed E-state index contributed by atoms with van der Waals surface area (Å²) in [6, 6.07) is 3.22. The molecule has 0 bridgehead atoms. The van der Waals surface area contributed by atoms with E-state index in [1.54, 1.807) is 19.1 Å². The molecular weight excluding hydrogens is 208 g/mol. The van der Waals surface area contributed by atoms with E-state index in [1.165, 1.54) is 0 Å². The Bertz CT molecular complexity index is 358. The highest BCUT2D eigenvalue weighted by Crippen LogP contribution is 2.35. The van der Waals surface area contributed by atoms with Crippen LogP contribution in [0.5, 0.6) is 11.5 Å². The molecule has 88 valence electrons. The maximum absolute atomic E-state index is 9.60. The van der Waals surface area contributed by atoms with Crippen molar-refractivity contribution in [1.82, 2.24) is 0 Å². The Labute approximate surface area is 94.1 Å². The first-order valence-corrected chi connectivity index (χ1v) is 5.40. The van der Waals surface area contributed by atoms with Gasteiger partial charge in [-0.15, -0.1) is 0 Å². The Morgan fingerprint density at radius 2 is 1.81 bits per heavy atom. The Kier molecular flexibility index (Phi) is 3.03. The van der Waals surface area contributed by atoms with Crippen LogP contribution in [0.1, 0.15) is 30.1 Å². The lowest BCUT2D eigenvalue weighted by Crippen LogP contribution is -2.24. The quantitative estimate of drug-likeness (QED) is 0.678. The summed E-state index contributed by atoms with van der Waals surface area (Å²) in [5, 5.41) is 28.5. The lowest BCUT2D eigenvalue weighted by atomic mass is 9.98. The fraction of sp³-hybridized carbons (Fsp3) is 0.500. The molecule has 3 N–H and O–H groups in total. The first-order valence-electron chi connectivity index (χ1n) is 5.40. The van der Waals surface area contributed by atoms with Crippen LogP contribution >= 0.6 is 0 Å². The molecule has 1 aromatic carbocycles. The van der Waals surface area contributed by atoms with Crippen LogP contribution in [0.2, 0.25) is 0 Å². The minimum Gasteiger partial charge on any atom is -0.508 e. The first-order chi connectivity index (χ1) is 7.58. The minimum absolute atomic E-state index is 0.0738. The number of hydrogen-bond acceptors (Lipinski definition) is 4. The van der Waals surface area contributed by atoms with Crippen molar-refractivity contribution < 1.29 is 20.1 Å². The van der Waals surface area contributed by atoms with E-state index in [-0.39, 0.29) is 17.6 Å². The molecule has 0 amide bonds. The molecule has 0 spiro atoms. The van der Waals surface area contributed by atoms with Gasteiger partial charge in [0.15, 0.2) is 0 Å². The van der Waals surface area contributed by atoms with Crippen molar-refractivity contribution in [2.24, 2.45) is 0 Å². The van der Waals surface area contributed by atoms with Crippen LogP contribution < -0.4 is 0 Å². The molecule has 4 nitrogen and oxygen atoms in total. The average Bonchev–Trinajstić information content (AvgIpc) is 2.26. The van der Waals surface area contributed by atoms with Crippen molar-refractivity contribution in [3.05, 3.63) is 23.3 Å². The predicted molar refractivity (Wildman–Crippen MR) is 58.4 cm³/mol.